The number of fused-ring (bicyclic) bond motifs is 1. The molecular formula is C17H24N2S. The van der Waals surface area contributed by atoms with Crippen molar-refractivity contribution in [2.45, 2.75) is 52.0 Å². The molecule has 1 atom stereocenters. The van der Waals surface area contributed by atoms with Gasteiger partial charge in [0.1, 0.15) is 5.01 Å². The van der Waals surface area contributed by atoms with Gasteiger partial charge in [-0.1, -0.05) is 31.9 Å². The van der Waals surface area contributed by atoms with Crippen LogP contribution in [0.1, 0.15) is 57.0 Å². The average Bonchev–Trinajstić information content (AvgIpc) is 3.12. The van der Waals surface area contributed by atoms with Crippen molar-refractivity contribution in [3.8, 4) is 0 Å². The second kappa shape index (κ2) is 5.82. The molecule has 0 radical (unpaired) electrons. The molecule has 1 aliphatic carbocycles. The van der Waals surface area contributed by atoms with E-state index in [1.54, 1.807) is 0 Å². The Morgan fingerprint density at radius 1 is 1.30 bits per heavy atom. The zero-order valence-corrected chi connectivity index (χ0v) is 13.3. The van der Waals surface area contributed by atoms with Gasteiger partial charge in [-0.15, -0.1) is 11.3 Å². The average molecular weight is 288 g/mol. The molecule has 1 aromatic carbocycles. The molecule has 0 bridgehead atoms. The molecule has 0 spiro atoms. The Bertz CT molecular complexity index is 536. The third-order valence-electron chi connectivity index (χ3n) is 4.88. The number of hydrogen-bond donors (Lipinski definition) is 1. The van der Waals surface area contributed by atoms with Crippen molar-refractivity contribution in [2.24, 2.45) is 5.41 Å². The summed E-state index contributed by atoms with van der Waals surface area (Å²) >= 11 is 1.82. The minimum Gasteiger partial charge on any atom is -0.308 e. The molecule has 3 heteroatoms. The molecule has 2 aromatic rings. The van der Waals surface area contributed by atoms with Gasteiger partial charge in [-0.2, -0.15) is 0 Å². The molecule has 1 aliphatic rings. The number of para-hydroxylation sites is 1. The minimum atomic E-state index is 0.358. The Hall–Kier alpha value is -0.930. The molecule has 1 unspecified atom stereocenters. The van der Waals surface area contributed by atoms with E-state index in [1.807, 2.05) is 11.3 Å². The van der Waals surface area contributed by atoms with Crippen LogP contribution in [0.4, 0.5) is 0 Å². The fourth-order valence-corrected chi connectivity index (χ4v) is 4.31. The highest BCUT2D eigenvalue weighted by Gasteiger charge is 2.32. The van der Waals surface area contributed by atoms with Gasteiger partial charge >= 0.3 is 0 Å². The third-order valence-corrected chi connectivity index (χ3v) is 6.10. The summed E-state index contributed by atoms with van der Waals surface area (Å²) in [5, 5.41) is 4.96. The van der Waals surface area contributed by atoms with Crippen molar-refractivity contribution in [3.05, 3.63) is 29.3 Å². The van der Waals surface area contributed by atoms with Crippen LogP contribution in [0.15, 0.2) is 24.3 Å². The Balaban J connectivity index is 1.68. The van der Waals surface area contributed by atoms with Crippen molar-refractivity contribution in [1.82, 2.24) is 10.3 Å². The summed E-state index contributed by atoms with van der Waals surface area (Å²) in [5.74, 6) is 0. The van der Waals surface area contributed by atoms with Gasteiger partial charge in [-0.3, -0.25) is 0 Å². The Labute approximate surface area is 125 Å². The van der Waals surface area contributed by atoms with E-state index >= 15 is 0 Å². The van der Waals surface area contributed by atoms with Crippen LogP contribution in [0, 0.1) is 5.41 Å². The Morgan fingerprint density at radius 3 is 2.75 bits per heavy atom. The van der Waals surface area contributed by atoms with E-state index < -0.39 is 0 Å². The molecule has 3 rings (SSSR count). The number of rotatable bonds is 5. The molecule has 1 aromatic heterocycles. The topological polar surface area (TPSA) is 24.9 Å². The molecule has 1 heterocycles. The molecule has 1 fully saturated rings. The second-order valence-electron chi connectivity index (χ2n) is 6.18. The monoisotopic (exact) mass is 288 g/mol. The smallest absolute Gasteiger partial charge is 0.111 e. The van der Waals surface area contributed by atoms with E-state index in [9.17, 15) is 0 Å². The van der Waals surface area contributed by atoms with E-state index in [2.05, 4.69) is 43.4 Å². The maximum Gasteiger partial charge on any atom is 0.111 e. The molecule has 2 nitrogen and oxygen atoms in total. The van der Waals surface area contributed by atoms with E-state index in [0.717, 1.165) is 12.1 Å². The van der Waals surface area contributed by atoms with Gasteiger partial charge in [-0.25, -0.2) is 4.98 Å². The summed E-state index contributed by atoms with van der Waals surface area (Å²) in [6, 6.07) is 8.78. The van der Waals surface area contributed by atoms with Gasteiger partial charge in [0.2, 0.25) is 0 Å². The summed E-state index contributed by atoms with van der Waals surface area (Å²) in [7, 11) is 0. The van der Waals surface area contributed by atoms with Crippen molar-refractivity contribution >= 4 is 21.6 Å². The first kappa shape index (κ1) is 14.0. The van der Waals surface area contributed by atoms with Gasteiger partial charge in [0.25, 0.3) is 0 Å². The van der Waals surface area contributed by atoms with Crippen molar-refractivity contribution in [2.75, 3.05) is 6.54 Å². The SMILES string of the molecule is CCC1(CNC(C)c2nc3ccccc3s2)CCCC1. The molecular weight excluding hydrogens is 264 g/mol. The van der Waals surface area contributed by atoms with Gasteiger partial charge in [-0.05, 0) is 43.7 Å². The Kier molecular flexibility index (Phi) is 4.08. The molecule has 0 saturated heterocycles. The third kappa shape index (κ3) is 2.75. The first-order valence-electron chi connectivity index (χ1n) is 7.81. The van der Waals surface area contributed by atoms with Crippen LogP contribution in [-0.2, 0) is 0 Å². The highest BCUT2D eigenvalue weighted by atomic mass is 32.1. The van der Waals surface area contributed by atoms with Crippen LogP contribution >= 0.6 is 11.3 Å². The molecule has 0 amide bonds. The minimum absolute atomic E-state index is 0.358. The predicted octanol–water partition coefficient (Wildman–Crippen LogP) is 4.92. The molecule has 1 saturated carbocycles. The van der Waals surface area contributed by atoms with Crippen LogP contribution in [0.2, 0.25) is 0 Å². The van der Waals surface area contributed by atoms with Crippen LogP contribution in [0.3, 0.4) is 0 Å². The number of benzene rings is 1. The summed E-state index contributed by atoms with van der Waals surface area (Å²) in [6.45, 7) is 5.73. The van der Waals surface area contributed by atoms with Gasteiger partial charge in [0, 0.05) is 6.54 Å². The fraction of sp³-hybridized carbons (Fsp3) is 0.588. The zero-order chi connectivity index (χ0) is 14.0. The lowest BCUT2D eigenvalue weighted by atomic mass is 9.83. The largest absolute Gasteiger partial charge is 0.308 e. The quantitative estimate of drug-likeness (QED) is 0.845. The maximum atomic E-state index is 4.76. The summed E-state index contributed by atoms with van der Waals surface area (Å²) in [6.07, 6.45) is 6.90. The highest BCUT2D eigenvalue weighted by molar-refractivity contribution is 7.18. The lowest BCUT2D eigenvalue weighted by Crippen LogP contribution is -2.33. The van der Waals surface area contributed by atoms with Crippen molar-refractivity contribution in [1.29, 1.82) is 0 Å². The van der Waals surface area contributed by atoms with E-state index in [-0.39, 0.29) is 0 Å². The van der Waals surface area contributed by atoms with Crippen molar-refractivity contribution in [3.63, 3.8) is 0 Å². The normalized spacial score (nSPS) is 19.5. The summed E-state index contributed by atoms with van der Waals surface area (Å²) < 4.78 is 1.29. The van der Waals surface area contributed by atoms with E-state index in [0.29, 0.717) is 11.5 Å². The second-order valence-corrected chi connectivity index (χ2v) is 7.25. The van der Waals surface area contributed by atoms with E-state index in [1.165, 1.54) is 41.8 Å². The first-order valence-corrected chi connectivity index (χ1v) is 8.63. The fourth-order valence-electron chi connectivity index (χ4n) is 3.31. The number of hydrogen-bond acceptors (Lipinski definition) is 3. The highest BCUT2D eigenvalue weighted by Crippen LogP contribution is 2.40. The molecule has 108 valence electrons. The van der Waals surface area contributed by atoms with Crippen molar-refractivity contribution < 1.29 is 0 Å². The molecule has 1 N–H and O–H groups in total. The van der Waals surface area contributed by atoms with Crippen LogP contribution in [0.5, 0.6) is 0 Å². The van der Waals surface area contributed by atoms with Crippen LogP contribution in [0.25, 0.3) is 10.2 Å². The van der Waals surface area contributed by atoms with E-state index in [4.69, 9.17) is 4.98 Å². The van der Waals surface area contributed by atoms with Gasteiger partial charge < -0.3 is 5.32 Å². The summed E-state index contributed by atoms with van der Waals surface area (Å²) in [4.78, 5) is 4.76. The lowest BCUT2D eigenvalue weighted by molar-refractivity contribution is 0.259. The number of nitrogens with zero attached hydrogens (tertiary/aromatic N) is 1. The molecule has 20 heavy (non-hydrogen) atoms. The zero-order valence-electron chi connectivity index (χ0n) is 12.5. The lowest BCUT2D eigenvalue weighted by Gasteiger charge is -2.29. The predicted molar refractivity (Wildman–Crippen MR) is 87.2 cm³/mol. The molecule has 0 aliphatic heterocycles. The van der Waals surface area contributed by atoms with Crippen LogP contribution in [-0.4, -0.2) is 11.5 Å². The first-order chi connectivity index (χ1) is 9.72. The van der Waals surface area contributed by atoms with Gasteiger partial charge in [0.05, 0.1) is 16.3 Å². The number of aromatic nitrogens is 1. The Morgan fingerprint density at radius 2 is 2.05 bits per heavy atom. The van der Waals surface area contributed by atoms with Gasteiger partial charge in [0.15, 0.2) is 0 Å². The maximum absolute atomic E-state index is 4.76. The van der Waals surface area contributed by atoms with Crippen LogP contribution < -0.4 is 5.32 Å². The summed E-state index contributed by atoms with van der Waals surface area (Å²) in [5.41, 5.74) is 1.68. The standard InChI is InChI=1S/C17H24N2S/c1-3-17(10-6-7-11-17)12-18-13(2)16-19-14-8-4-5-9-15(14)20-16/h4-5,8-9,13,18H,3,6-7,10-12H2,1-2H3. The number of nitrogens with one attached hydrogen (secondary N) is 1. The number of thiazole rings is 1.